The summed E-state index contributed by atoms with van der Waals surface area (Å²) < 4.78 is 0.704. The molecule has 0 aliphatic rings. The number of nitrogens with zero attached hydrogens (tertiary/aromatic N) is 1. The average Bonchev–Trinajstić information content (AvgIpc) is 2.40. The van der Waals surface area contributed by atoms with E-state index in [4.69, 9.17) is 5.11 Å². The van der Waals surface area contributed by atoms with Crippen LogP contribution in [0.4, 0.5) is 0 Å². The van der Waals surface area contributed by atoms with Gasteiger partial charge in [-0.2, -0.15) is 0 Å². The molecule has 0 saturated carbocycles. The Bertz CT molecular complexity index is 225. The first-order valence-electron chi connectivity index (χ1n) is 9.12. The number of quaternary nitrogens is 1. The Balaban J connectivity index is 0. The highest BCUT2D eigenvalue weighted by atomic mass is 35.5. The minimum Gasteiger partial charge on any atom is -1.00 e. The van der Waals surface area contributed by atoms with Crippen LogP contribution in [0.1, 0.15) is 77.6 Å². The fraction of sp³-hybridized carbons (Fsp3) is 1.00. The number of hydrogen-bond acceptors (Lipinski definition) is 2. The summed E-state index contributed by atoms with van der Waals surface area (Å²) in [7, 11) is 4.13. The van der Waals surface area contributed by atoms with Crippen LogP contribution >= 0.6 is 0 Å². The van der Waals surface area contributed by atoms with Gasteiger partial charge in [-0.05, 0) is 6.42 Å². The lowest BCUT2D eigenvalue weighted by Gasteiger charge is -2.31. The number of likely N-dealkylation sites (N-methyl/N-ethyl adjacent to an activating group) is 1. The molecule has 0 heterocycles. The van der Waals surface area contributed by atoms with Gasteiger partial charge in [0.1, 0.15) is 19.2 Å². The molecule has 0 saturated heterocycles. The number of rotatable bonds is 15. The van der Waals surface area contributed by atoms with Crippen molar-refractivity contribution in [3.63, 3.8) is 0 Å². The second-order valence-electron chi connectivity index (χ2n) is 7.19. The highest BCUT2D eigenvalue weighted by molar-refractivity contribution is 4.56. The van der Waals surface area contributed by atoms with E-state index in [0.29, 0.717) is 4.48 Å². The third kappa shape index (κ3) is 16.5. The molecule has 1 unspecified atom stereocenters. The fourth-order valence-corrected chi connectivity index (χ4v) is 2.89. The lowest BCUT2D eigenvalue weighted by atomic mass is 10.0. The number of aliphatic hydroxyl groups excluding tert-OH is 2. The maximum Gasteiger partial charge on any atom is 0.105 e. The van der Waals surface area contributed by atoms with Crippen LogP contribution in [0.2, 0.25) is 0 Å². The number of unbranched alkanes of at least 4 members (excludes halogenated alkanes) is 9. The molecule has 0 amide bonds. The largest absolute Gasteiger partial charge is 1.00 e. The van der Waals surface area contributed by atoms with Crippen molar-refractivity contribution in [3.8, 4) is 0 Å². The van der Waals surface area contributed by atoms with Gasteiger partial charge in [0.05, 0.1) is 20.7 Å². The van der Waals surface area contributed by atoms with Crippen molar-refractivity contribution < 1.29 is 27.1 Å². The lowest BCUT2D eigenvalue weighted by Crippen LogP contribution is -3.00. The molecule has 0 aromatic rings. The van der Waals surface area contributed by atoms with Gasteiger partial charge in [-0.3, -0.25) is 0 Å². The summed E-state index contributed by atoms with van der Waals surface area (Å²) in [6, 6.07) is 0. The van der Waals surface area contributed by atoms with E-state index in [1.165, 1.54) is 57.8 Å². The first-order chi connectivity index (χ1) is 10.0. The Morgan fingerprint density at radius 2 is 1.27 bits per heavy atom. The smallest absolute Gasteiger partial charge is 0.105 e. The van der Waals surface area contributed by atoms with Crippen molar-refractivity contribution in [3.05, 3.63) is 0 Å². The molecule has 136 valence electrons. The first-order valence-corrected chi connectivity index (χ1v) is 9.12. The van der Waals surface area contributed by atoms with E-state index >= 15 is 0 Å². The van der Waals surface area contributed by atoms with Gasteiger partial charge >= 0.3 is 0 Å². The summed E-state index contributed by atoms with van der Waals surface area (Å²) >= 11 is 0. The second-order valence-corrected chi connectivity index (χ2v) is 7.19. The maximum atomic E-state index is 10.0. The van der Waals surface area contributed by atoms with E-state index in [1.807, 2.05) is 0 Å². The average molecular weight is 338 g/mol. The summed E-state index contributed by atoms with van der Waals surface area (Å²) in [5.74, 6) is 0. The SMILES string of the molecule is CCCCCCCCCCCCC(O)C[N+](C)(C)CCO.[Cl-]. The van der Waals surface area contributed by atoms with Crippen LogP contribution in [0.15, 0.2) is 0 Å². The van der Waals surface area contributed by atoms with Crippen molar-refractivity contribution >= 4 is 0 Å². The topological polar surface area (TPSA) is 40.5 Å². The molecule has 0 aliphatic heterocycles. The zero-order chi connectivity index (χ0) is 16.0. The Kier molecular flexibility index (Phi) is 17.8. The monoisotopic (exact) mass is 337 g/mol. The standard InChI is InChI=1S/C18H40NO2.ClH/c1-4-5-6-7-8-9-10-11-12-13-14-18(21)17-19(2,3)15-16-20;/h18,20-21H,4-17H2,1-3H3;1H/q+1;/p-1. The molecule has 22 heavy (non-hydrogen) atoms. The van der Waals surface area contributed by atoms with E-state index in [1.54, 1.807) is 0 Å². The van der Waals surface area contributed by atoms with E-state index in [-0.39, 0.29) is 25.1 Å². The van der Waals surface area contributed by atoms with Gasteiger partial charge < -0.3 is 27.1 Å². The van der Waals surface area contributed by atoms with Gasteiger partial charge in [-0.15, -0.1) is 0 Å². The quantitative estimate of drug-likeness (QED) is 0.342. The van der Waals surface area contributed by atoms with Crippen molar-refractivity contribution in [1.82, 2.24) is 0 Å². The van der Waals surface area contributed by atoms with Gasteiger partial charge in [0, 0.05) is 0 Å². The van der Waals surface area contributed by atoms with Gasteiger partial charge in [-0.25, -0.2) is 0 Å². The number of hydrogen-bond donors (Lipinski definition) is 2. The molecule has 0 bridgehead atoms. The van der Waals surface area contributed by atoms with Crippen LogP contribution in [0, 0.1) is 0 Å². The lowest BCUT2D eigenvalue weighted by molar-refractivity contribution is -0.893. The highest BCUT2D eigenvalue weighted by Gasteiger charge is 2.19. The van der Waals surface area contributed by atoms with Crippen LogP contribution in [0.3, 0.4) is 0 Å². The van der Waals surface area contributed by atoms with Crippen molar-refractivity contribution in [1.29, 1.82) is 0 Å². The Hall–Kier alpha value is 0.170. The fourth-order valence-electron chi connectivity index (χ4n) is 2.89. The van der Waals surface area contributed by atoms with Crippen LogP contribution in [0.5, 0.6) is 0 Å². The third-order valence-corrected chi connectivity index (χ3v) is 4.30. The van der Waals surface area contributed by atoms with Gasteiger partial charge in [0.15, 0.2) is 0 Å². The van der Waals surface area contributed by atoms with E-state index < -0.39 is 0 Å². The summed E-state index contributed by atoms with van der Waals surface area (Å²) in [5, 5.41) is 19.0. The Labute approximate surface area is 145 Å². The number of aliphatic hydroxyl groups is 2. The van der Waals surface area contributed by atoms with Crippen LogP contribution in [-0.4, -0.2) is 54.6 Å². The van der Waals surface area contributed by atoms with Gasteiger partial charge in [-0.1, -0.05) is 71.1 Å². The normalized spacial score (nSPS) is 13.0. The molecule has 0 fully saturated rings. The summed E-state index contributed by atoms with van der Waals surface area (Å²) in [6.07, 6.45) is 14.1. The molecule has 0 aliphatic carbocycles. The molecule has 3 nitrogen and oxygen atoms in total. The second kappa shape index (κ2) is 16.0. The van der Waals surface area contributed by atoms with E-state index in [0.717, 1.165) is 25.9 Å². The molecule has 0 radical (unpaired) electrons. The Morgan fingerprint density at radius 1 is 0.818 bits per heavy atom. The van der Waals surface area contributed by atoms with Crippen LogP contribution in [0.25, 0.3) is 0 Å². The van der Waals surface area contributed by atoms with Crippen LogP contribution < -0.4 is 12.4 Å². The molecule has 0 spiro atoms. The number of halogens is 1. The van der Waals surface area contributed by atoms with Crippen molar-refractivity contribution in [2.75, 3.05) is 33.8 Å². The highest BCUT2D eigenvalue weighted by Crippen LogP contribution is 2.13. The molecule has 0 rings (SSSR count). The molecule has 2 N–H and O–H groups in total. The Morgan fingerprint density at radius 3 is 1.73 bits per heavy atom. The van der Waals surface area contributed by atoms with Gasteiger partial charge in [0.2, 0.25) is 0 Å². The van der Waals surface area contributed by atoms with Crippen molar-refractivity contribution in [2.24, 2.45) is 0 Å². The zero-order valence-electron chi connectivity index (χ0n) is 15.2. The van der Waals surface area contributed by atoms with E-state index in [9.17, 15) is 5.11 Å². The summed E-state index contributed by atoms with van der Waals surface area (Å²) in [6.45, 7) is 3.92. The predicted molar refractivity (Wildman–Crippen MR) is 91.4 cm³/mol. The minimum absolute atomic E-state index is 0. The minimum atomic E-state index is -0.222. The molecule has 0 aromatic carbocycles. The third-order valence-electron chi connectivity index (χ3n) is 4.30. The van der Waals surface area contributed by atoms with E-state index in [2.05, 4.69) is 21.0 Å². The molecule has 0 aromatic heterocycles. The molecular weight excluding hydrogens is 298 g/mol. The molecule has 4 heteroatoms. The summed E-state index contributed by atoms with van der Waals surface area (Å²) in [5.41, 5.74) is 0. The first kappa shape index (κ1) is 24.4. The summed E-state index contributed by atoms with van der Waals surface area (Å²) in [4.78, 5) is 0. The zero-order valence-corrected chi connectivity index (χ0v) is 16.0. The van der Waals surface area contributed by atoms with Crippen molar-refractivity contribution in [2.45, 2.75) is 83.7 Å². The van der Waals surface area contributed by atoms with Gasteiger partial charge in [0.25, 0.3) is 0 Å². The molecule has 1 atom stereocenters. The predicted octanol–water partition coefficient (Wildman–Crippen LogP) is 0.731. The maximum absolute atomic E-state index is 10.0. The van der Waals surface area contributed by atoms with Crippen LogP contribution in [-0.2, 0) is 0 Å². The molecular formula is C18H40ClNO2.